The van der Waals surface area contributed by atoms with Crippen molar-refractivity contribution in [2.24, 2.45) is 11.8 Å². The second-order valence-electron chi connectivity index (χ2n) is 12.7. The highest BCUT2D eigenvalue weighted by Gasteiger charge is 2.43. The average molecular weight is 521 g/mol. The maximum absolute atomic E-state index is 14.1. The summed E-state index contributed by atoms with van der Waals surface area (Å²) in [4.78, 5) is 35.1. The molecule has 7 atom stereocenters. The minimum Gasteiger partial charge on any atom is -0.480 e. The van der Waals surface area contributed by atoms with Crippen molar-refractivity contribution in [1.29, 1.82) is 0 Å². The number of para-hydroxylation sites is 2. The molecule has 2 bridgehead atoms. The summed E-state index contributed by atoms with van der Waals surface area (Å²) in [5.41, 5.74) is 1.52. The van der Waals surface area contributed by atoms with Crippen LogP contribution in [-0.4, -0.2) is 56.2 Å². The molecule has 7 nitrogen and oxygen atoms in total. The Morgan fingerprint density at radius 1 is 1.00 bits per heavy atom. The van der Waals surface area contributed by atoms with Crippen LogP contribution in [-0.2, 0) is 4.79 Å². The second-order valence-corrected chi connectivity index (χ2v) is 12.7. The molecule has 2 aliphatic heterocycles. The summed E-state index contributed by atoms with van der Waals surface area (Å²) in [6.45, 7) is 5.24. The number of anilines is 1. The normalized spacial score (nSPS) is 34.1. The van der Waals surface area contributed by atoms with E-state index in [1.165, 1.54) is 44.9 Å². The smallest absolute Gasteiger partial charge is 0.326 e. The van der Waals surface area contributed by atoms with Crippen molar-refractivity contribution in [3.8, 4) is 0 Å². The van der Waals surface area contributed by atoms with E-state index in [1.54, 1.807) is 4.90 Å². The molecule has 206 valence electrons. The van der Waals surface area contributed by atoms with Crippen LogP contribution >= 0.6 is 0 Å². The molecule has 38 heavy (non-hydrogen) atoms. The number of aromatic nitrogens is 2. The lowest BCUT2D eigenvalue weighted by molar-refractivity contribution is -0.140. The van der Waals surface area contributed by atoms with E-state index < -0.39 is 12.0 Å². The lowest BCUT2D eigenvalue weighted by Crippen LogP contribution is -2.57. The first kappa shape index (κ1) is 25.8. The minimum absolute atomic E-state index is 0.0902. The van der Waals surface area contributed by atoms with E-state index >= 15 is 0 Å². The number of carbonyl (C=O) groups is 1. The van der Waals surface area contributed by atoms with E-state index in [2.05, 4.69) is 18.7 Å². The Hall–Kier alpha value is -2.41. The van der Waals surface area contributed by atoms with Gasteiger partial charge in [-0.2, -0.15) is 0 Å². The van der Waals surface area contributed by atoms with E-state index in [4.69, 9.17) is 4.98 Å². The van der Waals surface area contributed by atoms with Gasteiger partial charge in [0.2, 0.25) is 0 Å². The monoisotopic (exact) mass is 520 g/mol. The van der Waals surface area contributed by atoms with Crippen molar-refractivity contribution < 1.29 is 9.90 Å². The van der Waals surface area contributed by atoms with Gasteiger partial charge in [-0.1, -0.05) is 51.2 Å². The molecule has 7 heteroatoms. The molecule has 1 unspecified atom stereocenters. The molecule has 0 radical (unpaired) electrons. The summed E-state index contributed by atoms with van der Waals surface area (Å²) < 4.78 is 1.99. The lowest BCUT2D eigenvalue weighted by Gasteiger charge is -2.51. The van der Waals surface area contributed by atoms with Crippen LogP contribution in [0.4, 0.5) is 5.82 Å². The Morgan fingerprint density at radius 2 is 1.74 bits per heavy atom. The highest BCUT2D eigenvalue weighted by atomic mass is 16.4. The molecule has 0 amide bonds. The van der Waals surface area contributed by atoms with Crippen molar-refractivity contribution in [2.75, 3.05) is 11.4 Å². The van der Waals surface area contributed by atoms with Gasteiger partial charge in [0, 0.05) is 30.7 Å². The van der Waals surface area contributed by atoms with Gasteiger partial charge in [-0.3, -0.25) is 9.69 Å². The molecule has 2 aromatic rings. The van der Waals surface area contributed by atoms with Crippen LogP contribution in [0.3, 0.4) is 0 Å². The third-order valence-corrected chi connectivity index (χ3v) is 10.2. The number of benzene rings is 1. The fourth-order valence-electron chi connectivity index (χ4n) is 8.58. The van der Waals surface area contributed by atoms with Gasteiger partial charge in [0.1, 0.15) is 6.04 Å². The SMILES string of the molecule is CCC[C@@H]1C[C@H](n2c(=O)c(N3CC[C@H]3C(=O)O)nc3ccccc32)CC(C)N1[C@@H]1C[C@@H]2CCCC[C@@H](C2)C1. The number of carboxylic acid groups (broad SMARTS) is 1. The summed E-state index contributed by atoms with van der Waals surface area (Å²) in [5, 5.41) is 9.66. The molecule has 2 saturated heterocycles. The third kappa shape index (κ3) is 4.65. The predicted molar refractivity (Wildman–Crippen MR) is 151 cm³/mol. The Kier molecular flexibility index (Phi) is 7.23. The number of hydrogen-bond donors (Lipinski definition) is 1. The molecule has 1 aromatic heterocycles. The third-order valence-electron chi connectivity index (χ3n) is 10.2. The number of aliphatic carboxylic acids is 1. The van der Waals surface area contributed by atoms with Gasteiger partial charge in [-0.05, 0) is 75.8 Å². The van der Waals surface area contributed by atoms with Gasteiger partial charge >= 0.3 is 5.97 Å². The minimum atomic E-state index is -0.879. The van der Waals surface area contributed by atoms with Crippen LogP contribution in [0.5, 0.6) is 0 Å². The van der Waals surface area contributed by atoms with E-state index in [0.29, 0.717) is 36.9 Å². The molecular formula is C31H44N4O3. The van der Waals surface area contributed by atoms with Gasteiger partial charge in [0.05, 0.1) is 11.0 Å². The van der Waals surface area contributed by atoms with E-state index in [9.17, 15) is 14.7 Å². The van der Waals surface area contributed by atoms with Crippen LogP contribution in [0, 0.1) is 11.8 Å². The second kappa shape index (κ2) is 10.6. The number of fused-ring (bicyclic) bond motifs is 3. The van der Waals surface area contributed by atoms with Crippen molar-refractivity contribution in [2.45, 2.75) is 121 Å². The summed E-state index contributed by atoms with van der Waals surface area (Å²) >= 11 is 0. The van der Waals surface area contributed by atoms with Gasteiger partial charge < -0.3 is 14.6 Å². The molecule has 4 fully saturated rings. The number of rotatable bonds is 6. The first-order valence-electron chi connectivity index (χ1n) is 15.2. The number of hydrogen-bond acceptors (Lipinski definition) is 5. The first-order valence-corrected chi connectivity index (χ1v) is 15.2. The highest BCUT2D eigenvalue weighted by Crippen LogP contribution is 2.44. The van der Waals surface area contributed by atoms with Crippen molar-refractivity contribution in [1.82, 2.24) is 14.5 Å². The van der Waals surface area contributed by atoms with Crippen LogP contribution in [0.15, 0.2) is 29.1 Å². The molecule has 0 spiro atoms. The molecule has 6 rings (SSSR count). The molecule has 2 saturated carbocycles. The van der Waals surface area contributed by atoms with E-state index in [1.807, 2.05) is 28.8 Å². The maximum Gasteiger partial charge on any atom is 0.326 e. The summed E-state index contributed by atoms with van der Waals surface area (Å²) in [6.07, 6.45) is 14.5. The largest absolute Gasteiger partial charge is 0.480 e. The van der Waals surface area contributed by atoms with Crippen LogP contribution in [0.2, 0.25) is 0 Å². The van der Waals surface area contributed by atoms with Gasteiger partial charge in [0.25, 0.3) is 5.56 Å². The summed E-state index contributed by atoms with van der Waals surface area (Å²) in [5.74, 6) is 1.21. The lowest BCUT2D eigenvalue weighted by atomic mass is 9.75. The topological polar surface area (TPSA) is 78.7 Å². The van der Waals surface area contributed by atoms with Gasteiger partial charge in [-0.15, -0.1) is 0 Å². The molecular weight excluding hydrogens is 476 g/mol. The Labute approximate surface area is 226 Å². The molecule has 1 N–H and O–H groups in total. The standard InChI is InChI=1S/C31H44N4O3/c1-3-8-23-19-24(15-20(2)34(23)25-17-21-9-4-5-10-22(16-21)18-25)35-27-12-7-6-11-26(27)32-29(30(35)36)33-14-13-28(33)31(37)38/h6-7,11-12,20-25,28H,3-5,8-10,13-19H2,1-2H3,(H,37,38)/t20?,21-,22+,23-,24-,25-,28+/m1/s1. The molecule has 3 heterocycles. The highest BCUT2D eigenvalue weighted by molar-refractivity contribution is 5.81. The Bertz CT molecular complexity index is 1210. The van der Waals surface area contributed by atoms with Crippen LogP contribution < -0.4 is 10.5 Å². The quantitative estimate of drug-likeness (QED) is 0.533. The fourth-order valence-corrected chi connectivity index (χ4v) is 8.58. The molecule has 4 aliphatic rings. The van der Waals surface area contributed by atoms with Gasteiger partial charge in [0.15, 0.2) is 5.82 Å². The zero-order chi connectivity index (χ0) is 26.4. The van der Waals surface area contributed by atoms with E-state index in [0.717, 1.165) is 48.6 Å². The zero-order valence-electron chi connectivity index (χ0n) is 23.1. The number of piperidine rings is 1. The van der Waals surface area contributed by atoms with Crippen LogP contribution in [0.1, 0.15) is 96.9 Å². The zero-order valence-corrected chi connectivity index (χ0v) is 23.1. The Morgan fingerprint density at radius 3 is 2.39 bits per heavy atom. The summed E-state index contributed by atoms with van der Waals surface area (Å²) in [6, 6.07) is 8.88. The Balaban J connectivity index is 1.34. The number of nitrogens with zero attached hydrogens (tertiary/aromatic N) is 4. The number of carboxylic acids is 1. The fraction of sp³-hybridized carbons (Fsp3) is 0.710. The van der Waals surface area contributed by atoms with Gasteiger partial charge in [-0.25, -0.2) is 9.78 Å². The first-order chi connectivity index (χ1) is 18.4. The average Bonchev–Trinajstić information content (AvgIpc) is 3.02. The number of likely N-dealkylation sites (tertiary alicyclic amines) is 1. The van der Waals surface area contributed by atoms with Crippen LogP contribution in [0.25, 0.3) is 11.0 Å². The van der Waals surface area contributed by atoms with Crippen molar-refractivity contribution in [3.05, 3.63) is 34.6 Å². The predicted octanol–water partition coefficient (Wildman–Crippen LogP) is 5.61. The molecule has 2 aliphatic carbocycles. The molecule has 1 aromatic carbocycles. The van der Waals surface area contributed by atoms with Crippen molar-refractivity contribution >= 4 is 22.8 Å². The van der Waals surface area contributed by atoms with Crippen molar-refractivity contribution in [3.63, 3.8) is 0 Å². The maximum atomic E-state index is 14.1. The summed E-state index contributed by atoms with van der Waals surface area (Å²) in [7, 11) is 0. The van der Waals surface area contributed by atoms with E-state index in [-0.39, 0.29) is 11.6 Å².